The molecule has 0 aliphatic heterocycles. The number of aromatic nitrogens is 2. The molecule has 1 saturated carbocycles. The van der Waals surface area contributed by atoms with E-state index in [-0.39, 0.29) is 11.4 Å². The summed E-state index contributed by atoms with van der Waals surface area (Å²) >= 11 is 1.70. The van der Waals surface area contributed by atoms with E-state index in [0.717, 1.165) is 47.4 Å². The van der Waals surface area contributed by atoms with Crippen molar-refractivity contribution in [2.45, 2.75) is 70.5 Å². The fourth-order valence-electron chi connectivity index (χ4n) is 5.07. The van der Waals surface area contributed by atoms with Crippen molar-refractivity contribution >= 4 is 21.6 Å². The number of H-pyrrole nitrogens is 1. The minimum absolute atomic E-state index is 0.0224. The molecule has 0 saturated heterocycles. The molecule has 2 N–H and O–H groups in total. The van der Waals surface area contributed by atoms with Crippen LogP contribution in [0.25, 0.3) is 10.2 Å². The summed E-state index contributed by atoms with van der Waals surface area (Å²) in [6.07, 6.45) is 9.47. The molecule has 5 rings (SSSR count). The minimum Gasteiger partial charge on any atom is -0.322 e. The molecule has 152 valence electrons. The van der Waals surface area contributed by atoms with Crippen molar-refractivity contribution in [2.75, 3.05) is 0 Å². The molecule has 0 bridgehead atoms. The molecular weight excluding hydrogens is 385 g/mol. The van der Waals surface area contributed by atoms with Crippen molar-refractivity contribution in [1.82, 2.24) is 9.97 Å². The van der Waals surface area contributed by atoms with Gasteiger partial charge in [0.15, 0.2) is 5.82 Å². The summed E-state index contributed by atoms with van der Waals surface area (Å²) in [5, 5.41) is 0.823. The van der Waals surface area contributed by atoms with E-state index in [1.807, 2.05) is 12.1 Å². The molecule has 0 radical (unpaired) electrons. The summed E-state index contributed by atoms with van der Waals surface area (Å²) in [7, 11) is 0. The number of hydrogen-bond acceptors (Lipinski definition) is 3. The Morgan fingerprint density at radius 3 is 2.66 bits per heavy atom. The highest BCUT2D eigenvalue weighted by atomic mass is 32.1. The van der Waals surface area contributed by atoms with Crippen LogP contribution in [0.2, 0.25) is 0 Å². The van der Waals surface area contributed by atoms with Gasteiger partial charge in [-0.1, -0.05) is 18.6 Å². The molecule has 6 heteroatoms. The fourth-order valence-corrected chi connectivity index (χ4v) is 6.35. The SMILES string of the molecule is O=c1[nH]c(C[NH+](Cc2ccc(F)cc2)C2CCCCC2)nc2sc3c(c12)CCC3. The van der Waals surface area contributed by atoms with Gasteiger partial charge in [0.25, 0.3) is 5.56 Å². The Kier molecular flexibility index (Phi) is 5.22. The first-order chi connectivity index (χ1) is 14.2. The molecule has 3 aromatic rings. The van der Waals surface area contributed by atoms with Crippen LogP contribution in [0.5, 0.6) is 0 Å². The summed E-state index contributed by atoms with van der Waals surface area (Å²) in [5.74, 6) is 0.584. The van der Waals surface area contributed by atoms with E-state index < -0.39 is 0 Å². The molecule has 2 aromatic heterocycles. The summed E-state index contributed by atoms with van der Waals surface area (Å²) in [5.41, 5.74) is 2.38. The van der Waals surface area contributed by atoms with Crippen molar-refractivity contribution < 1.29 is 9.29 Å². The average Bonchev–Trinajstić information content (AvgIpc) is 3.30. The van der Waals surface area contributed by atoms with Crippen LogP contribution in [0, 0.1) is 5.82 Å². The van der Waals surface area contributed by atoms with E-state index in [1.165, 1.54) is 59.6 Å². The second kappa shape index (κ2) is 8.00. The zero-order chi connectivity index (χ0) is 19.8. The largest absolute Gasteiger partial charge is 0.322 e. The highest BCUT2D eigenvalue weighted by Gasteiger charge is 2.27. The second-order valence-corrected chi connectivity index (χ2v) is 9.61. The summed E-state index contributed by atoms with van der Waals surface area (Å²) in [4.78, 5) is 24.5. The van der Waals surface area contributed by atoms with Crippen LogP contribution in [0.1, 0.15) is 60.4 Å². The monoisotopic (exact) mass is 412 g/mol. The Balaban J connectivity index is 1.44. The third-order valence-electron chi connectivity index (χ3n) is 6.55. The van der Waals surface area contributed by atoms with E-state index in [4.69, 9.17) is 4.98 Å². The summed E-state index contributed by atoms with van der Waals surface area (Å²) < 4.78 is 13.3. The second-order valence-electron chi connectivity index (χ2n) is 8.52. The number of thiophene rings is 1. The molecular formula is C23H27FN3OS+. The van der Waals surface area contributed by atoms with Crippen LogP contribution in [0.15, 0.2) is 29.1 Å². The molecule has 0 spiro atoms. The molecule has 4 nitrogen and oxygen atoms in total. The third kappa shape index (κ3) is 3.88. The maximum Gasteiger partial charge on any atom is 0.260 e. The number of halogens is 1. The smallest absolute Gasteiger partial charge is 0.260 e. The Morgan fingerprint density at radius 2 is 1.86 bits per heavy atom. The topological polar surface area (TPSA) is 50.2 Å². The fraction of sp³-hybridized carbons (Fsp3) is 0.478. The summed E-state index contributed by atoms with van der Waals surface area (Å²) in [6.45, 7) is 1.53. The number of benzene rings is 1. The van der Waals surface area contributed by atoms with Crippen molar-refractivity contribution in [3.8, 4) is 0 Å². The van der Waals surface area contributed by atoms with Gasteiger partial charge in [-0.15, -0.1) is 11.3 Å². The van der Waals surface area contributed by atoms with Crippen LogP contribution in [0.3, 0.4) is 0 Å². The van der Waals surface area contributed by atoms with E-state index >= 15 is 0 Å². The number of quaternary nitrogens is 1. The molecule has 2 aliphatic carbocycles. The first-order valence-electron chi connectivity index (χ1n) is 10.8. The highest BCUT2D eigenvalue weighted by molar-refractivity contribution is 7.18. The van der Waals surface area contributed by atoms with Crippen LogP contribution in [0.4, 0.5) is 4.39 Å². The molecule has 0 amide bonds. The maximum absolute atomic E-state index is 13.3. The Morgan fingerprint density at radius 1 is 1.07 bits per heavy atom. The van der Waals surface area contributed by atoms with Gasteiger partial charge in [0.1, 0.15) is 23.7 Å². The van der Waals surface area contributed by atoms with Gasteiger partial charge in [-0.25, -0.2) is 9.37 Å². The predicted molar refractivity (Wildman–Crippen MR) is 114 cm³/mol. The molecule has 29 heavy (non-hydrogen) atoms. The molecule has 1 unspecified atom stereocenters. The standard InChI is InChI=1S/C23H26FN3OS/c24-16-11-9-15(10-12-16)13-27(17-5-2-1-3-6-17)14-20-25-22(28)21-18-7-4-8-19(18)29-23(21)26-20/h9-12,17H,1-8,13-14H2,(H,25,26,28)/p+1. The third-order valence-corrected chi connectivity index (χ3v) is 7.73. The van der Waals surface area contributed by atoms with Gasteiger partial charge in [-0.05, 0) is 62.6 Å². The van der Waals surface area contributed by atoms with E-state index in [1.54, 1.807) is 11.3 Å². The number of aromatic amines is 1. The van der Waals surface area contributed by atoms with E-state index in [9.17, 15) is 9.18 Å². The summed E-state index contributed by atoms with van der Waals surface area (Å²) in [6, 6.07) is 7.38. The van der Waals surface area contributed by atoms with Crippen LogP contribution in [-0.2, 0) is 25.9 Å². The number of aryl methyl sites for hydroxylation is 2. The zero-order valence-corrected chi connectivity index (χ0v) is 17.4. The van der Waals surface area contributed by atoms with Crippen molar-refractivity contribution in [1.29, 1.82) is 0 Å². The lowest BCUT2D eigenvalue weighted by atomic mass is 9.93. The molecule has 2 heterocycles. The normalized spacial score (nSPS) is 18.2. The van der Waals surface area contributed by atoms with E-state index in [2.05, 4.69) is 4.98 Å². The number of rotatable bonds is 5. The first-order valence-corrected chi connectivity index (χ1v) is 11.6. The van der Waals surface area contributed by atoms with Gasteiger partial charge in [0.05, 0.1) is 11.4 Å². The van der Waals surface area contributed by atoms with Gasteiger partial charge >= 0.3 is 0 Å². The van der Waals surface area contributed by atoms with Crippen molar-refractivity contribution in [3.05, 3.63) is 62.3 Å². The van der Waals surface area contributed by atoms with Gasteiger partial charge in [0, 0.05) is 10.4 Å². The minimum atomic E-state index is -0.199. The molecule has 2 aliphatic rings. The Labute approximate surface area is 173 Å². The number of nitrogens with one attached hydrogen (secondary N) is 2. The lowest BCUT2D eigenvalue weighted by Gasteiger charge is -2.31. The number of nitrogens with zero attached hydrogens (tertiary/aromatic N) is 1. The van der Waals surface area contributed by atoms with Crippen LogP contribution >= 0.6 is 11.3 Å². The van der Waals surface area contributed by atoms with Crippen molar-refractivity contribution in [2.24, 2.45) is 0 Å². The average molecular weight is 413 g/mol. The molecule has 1 atom stereocenters. The van der Waals surface area contributed by atoms with E-state index in [0.29, 0.717) is 12.6 Å². The molecule has 1 aromatic carbocycles. The lowest BCUT2D eigenvalue weighted by Crippen LogP contribution is -3.13. The van der Waals surface area contributed by atoms with Crippen molar-refractivity contribution in [3.63, 3.8) is 0 Å². The van der Waals surface area contributed by atoms with Gasteiger partial charge in [0.2, 0.25) is 0 Å². The number of fused-ring (bicyclic) bond motifs is 3. The Bertz CT molecular complexity index is 1070. The van der Waals surface area contributed by atoms with Gasteiger partial charge < -0.3 is 9.88 Å². The highest BCUT2D eigenvalue weighted by Crippen LogP contribution is 2.34. The maximum atomic E-state index is 13.3. The van der Waals surface area contributed by atoms with Gasteiger partial charge in [-0.3, -0.25) is 4.79 Å². The Hall–Kier alpha value is -2.05. The van der Waals surface area contributed by atoms with Crippen LogP contribution < -0.4 is 10.5 Å². The predicted octanol–water partition coefficient (Wildman–Crippen LogP) is 3.53. The molecule has 1 fully saturated rings. The first kappa shape index (κ1) is 18.9. The van der Waals surface area contributed by atoms with Gasteiger partial charge in [-0.2, -0.15) is 0 Å². The quantitative estimate of drug-likeness (QED) is 0.674. The number of hydrogen-bond donors (Lipinski definition) is 2. The zero-order valence-electron chi connectivity index (χ0n) is 16.6. The lowest BCUT2D eigenvalue weighted by molar-refractivity contribution is -0.954. The van der Waals surface area contributed by atoms with Crippen LogP contribution in [-0.4, -0.2) is 16.0 Å².